The zero-order valence-corrected chi connectivity index (χ0v) is 13.8. The SMILES string of the molecule is Cc1ccc(C(C)Nc2cccc(NC(=O)C(C)C)c2)s1. The van der Waals surface area contributed by atoms with Crippen molar-refractivity contribution >= 4 is 28.6 Å². The molecule has 3 nitrogen and oxygen atoms in total. The van der Waals surface area contributed by atoms with Crippen molar-refractivity contribution in [2.75, 3.05) is 10.6 Å². The summed E-state index contributed by atoms with van der Waals surface area (Å²) in [6.07, 6.45) is 0. The van der Waals surface area contributed by atoms with Gasteiger partial charge in [-0.2, -0.15) is 0 Å². The van der Waals surface area contributed by atoms with Gasteiger partial charge in [0.25, 0.3) is 0 Å². The van der Waals surface area contributed by atoms with Gasteiger partial charge < -0.3 is 10.6 Å². The number of benzene rings is 1. The lowest BCUT2D eigenvalue weighted by Gasteiger charge is -2.15. The lowest BCUT2D eigenvalue weighted by Crippen LogP contribution is -2.17. The summed E-state index contributed by atoms with van der Waals surface area (Å²) < 4.78 is 0. The Morgan fingerprint density at radius 3 is 2.43 bits per heavy atom. The zero-order chi connectivity index (χ0) is 15.4. The second-order valence-corrected chi connectivity index (χ2v) is 6.86. The molecule has 1 unspecified atom stereocenters. The van der Waals surface area contributed by atoms with Crippen LogP contribution in [0.2, 0.25) is 0 Å². The molecular weight excluding hydrogens is 280 g/mol. The van der Waals surface area contributed by atoms with E-state index in [2.05, 4.69) is 36.6 Å². The Hall–Kier alpha value is -1.81. The molecule has 0 saturated carbocycles. The minimum atomic E-state index is -0.0189. The third-order valence-corrected chi connectivity index (χ3v) is 4.41. The van der Waals surface area contributed by atoms with Gasteiger partial charge in [-0.25, -0.2) is 0 Å². The average Bonchev–Trinajstić information content (AvgIpc) is 2.86. The van der Waals surface area contributed by atoms with E-state index in [9.17, 15) is 4.79 Å². The number of hydrogen-bond donors (Lipinski definition) is 2. The van der Waals surface area contributed by atoms with E-state index in [1.54, 1.807) is 11.3 Å². The lowest BCUT2D eigenvalue weighted by molar-refractivity contribution is -0.118. The molecule has 0 aliphatic rings. The molecule has 0 bridgehead atoms. The largest absolute Gasteiger partial charge is 0.378 e. The molecule has 21 heavy (non-hydrogen) atoms. The monoisotopic (exact) mass is 302 g/mol. The molecule has 0 spiro atoms. The number of carbonyl (C=O) groups is 1. The smallest absolute Gasteiger partial charge is 0.226 e. The molecule has 0 radical (unpaired) electrons. The molecule has 1 amide bonds. The third-order valence-electron chi connectivity index (χ3n) is 3.23. The Balaban J connectivity index is 2.05. The first-order valence-corrected chi connectivity index (χ1v) is 8.01. The first kappa shape index (κ1) is 15.6. The van der Waals surface area contributed by atoms with Crippen LogP contribution in [0.15, 0.2) is 36.4 Å². The van der Waals surface area contributed by atoms with Crippen LogP contribution in [0.4, 0.5) is 11.4 Å². The van der Waals surface area contributed by atoms with Crippen molar-refractivity contribution in [2.24, 2.45) is 5.92 Å². The van der Waals surface area contributed by atoms with Crippen molar-refractivity contribution in [3.63, 3.8) is 0 Å². The summed E-state index contributed by atoms with van der Waals surface area (Å²) in [7, 11) is 0. The van der Waals surface area contributed by atoms with Crippen molar-refractivity contribution in [3.8, 4) is 0 Å². The molecule has 0 saturated heterocycles. The normalized spacial score (nSPS) is 12.2. The number of carbonyl (C=O) groups excluding carboxylic acids is 1. The zero-order valence-electron chi connectivity index (χ0n) is 12.9. The van der Waals surface area contributed by atoms with Gasteiger partial charge in [-0.15, -0.1) is 11.3 Å². The van der Waals surface area contributed by atoms with Gasteiger partial charge in [0.05, 0.1) is 6.04 Å². The van der Waals surface area contributed by atoms with Gasteiger partial charge in [-0.3, -0.25) is 4.79 Å². The van der Waals surface area contributed by atoms with E-state index in [1.165, 1.54) is 9.75 Å². The maximum Gasteiger partial charge on any atom is 0.226 e. The van der Waals surface area contributed by atoms with Crippen molar-refractivity contribution in [3.05, 3.63) is 46.2 Å². The molecule has 0 fully saturated rings. The number of rotatable bonds is 5. The van der Waals surface area contributed by atoms with Gasteiger partial charge in [-0.1, -0.05) is 19.9 Å². The number of anilines is 2. The van der Waals surface area contributed by atoms with Crippen LogP contribution in [0.25, 0.3) is 0 Å². The van der Waals surface area contributed by atoms with Crippen molar-refractivity contribution < 1.29 is 4.79 Å². The highest BCUT2D eigenvalue weighted by Crippen LogP contribution is 2.26. The van der Waals surface area contributed by atoms with Gasteiger partial charge in [0, 0.05) is 27.0 Å². The Morgan fingerprint density at radius 1 is 1.10 bits per heavy atom. The summed E-state index contributed by atoms with van der Waals surface area (Å²) in [5, 5.41) is 6.40. The Morgan fingerprint density at radius 2 is 1.81 bits per heavy atom. The molecule has 1 heterocycles. The van der Waals surface area contributed by atoms with E-state index in [4.69, 9.17) is 0 Å². The molecule has 2 aromatic rings. The Bertz CT molecular complexity index is 619. The number of nitrogens with one attached hydrogen (secondary N) is 2. The van der Waals surface area contributed by atoms with Gasteiger partial charge in [0.15, 0.2) is 0 Å². The van der Waals surface area contributed by atoms with Gasteiger partial charge in [0.2, 0.25) is 5.91 Å². The number of amides is 1. The van der Waals surface area contributed by atoms with E-state index in [1.807, 2.05) is 38.1 Å². The predicted octanol–water partition coefficient (Wildman–Crippen LogP) is 4.82. The minimum Gasteiger partial charge on any atom is -0.378 e. The Labute approximate surface area is 130 Å². The van der Waals surface area contributed by atoms with Gasteiger partial charge in [0.1, 0.15) is 0 Å². The maximum atomic E-state index is 11.7. The molecular formula is C17H22N2OS. The summed E-state index contributed by atoms with van der Waals surface area (Å²) in [6.45, 7) is 8.03. The highest BCUT2D eigenvalue weighted by molar-refractivity contribution is 7.12. The highest BCUT2D eigenvalue weighted by Gasteiger charge is 2.09. The summed E-state index contributed by atoms with van der Waals surface area (Å²) in [4.78, 5) is 14.4. The predicted molar refractivity (Wildman–Crippen MR) is 91.0 cm³/mol. The molecule has 4 heteroatoms. The molecule has 2 N–H and O–H groups in total. The van der Waals surface area contributed by atoms with Crippen molar-refractivity contribution in [2.45, 2.75) is 33.7 Å². The van der Waals surface area contributed by atoms with Crippen LogP contribution >= 0.6 is 11.3 Å². The van der Waals surface area contributed by atoms with E-state index in [0.29, 0.717) is 0 Å². The average molecular weight is 302 g/mol. The first-order chi connectivity index (χ1) is 9.95. The quantitative estimate of drug-likeness (QED) is 0.831. The molecule has 1 aromatic carbocycles. The molecule has 0 aliphatic carbocycles. The number of thiophene rings is 1. The van der Waals surface area contributed by atoms with Crippen LogP contribution in [0.3, 0.4) is 0 Å². The highest BCUT2D eigenvalue weighted by atomic mass is 32.1. The second kappa shape index (κ2) is 6.76. The van der Waals surface area contributed by atoms with Gasteiger partial charge >= 0.3 is 0 Å². The van der Waals surface area contributed by atoms with Crippen molar-refractivity contribution in [1.82, 2.24) is 0 Å². The fourth-order valence-corrected chi connectivity index (χ4v) is 2.86. The topological polar surface area (TPSA) is 41.1 Å². The second-order valence-electron chi connectivity index (χ2n) is 5.54. The fourth-order valence-electron chi connectivity index (χ4n) is 1.98. The molecule has 1 atom stereocenters. The Kier molecular flexibility index (Phi) is 5.02. The number of aryl methyl sites for hydroxylation is 1. The molecule has 2 rings (SSSR count). The third kappa shape index (κ3) is 4.33. The van der Waals surface area contributed by atoms with Gasteiger partial charge in [-0.05, 0) is 44.2 Å². The standard InChI is InChI=1S/C17H22N2OS/c1-11(2)17(20)19-15-7-5-6-14(10-15)18-13(4)16-9-8-12(3)21-16/h5-11,13,18H,1-4H3,(H,19,20). The first-order valence-electron chi connectivity index (χ1n) is 7.19. The fraction of sp³-hybridized carbons (Fsp3) is 0.353. The molecule has 1 aromatic heterocycles. The number of hydrogen-bond acceptors (Lipinski definition) is 3. The van der Waals surface area contributed by atoms with E-state index >= 15 is 0 Å². The van der Waals surface area contributed by atoms with Crippen LogP contribution in [0.1, 0.15) is 36.6 Å². The van der Waals surface area contributed by atoms with E-state index < -0.39 is 0 Å². The minimum absolute atomic E-state index is 0.0189. The summed E-state index contributed by atoms with van der Waals surface area (Å²) in [5.74, 6) is 0.0173. The van der Waals surface area contributed by atoms with Crippen LogP contribution < -0.4 is 10.6 Å². The van der Waals surface area contributed by atoms with E-state index in [-0.39, 0.29) is 17.9 Å². The van der Waals surface area contributed by atoms with Crippen LogP contribution in [-0.2, 0) is 4.79 Å². The summed E-state index contributed by atoms with van der Waals surface area (Å²) in [5.41, 5.74) is 1.84. The van der Waals surface area contributed by atoms with E-state index in [0.717, 1.165) is 11.4 Å². The maximum absolute atomic E-state index is 11.7. The van der Waals surface area contributed by atoms with Crippen LogP contribution in [0, 0.1) is 12.8 Å². The summed E-state index contributed by atoms with van der Waals surface area (Å²) >= 11 is 1.80. The van der Waals surface area contributed by atoms with Crippen molar-refractivity contribution in [1.29, 1.82) is 0 Å². The molecule has 0 aliphatic heterocycles. The van der Waals surface area contributed by atoms with Crippen LogP contribution in [-0.4, -0.2) is 5.91 Å². The summed E-state index contributed by atoms with van der Waals surface area (Å²) in [6, 6.07) is 12.4. The molecule has 112 valence electrons. The lowest BCUT2D eigenvalue weighted by atomic mass is 10.2. The van der Waals surface area contributed by atoms with Crippen LogP contribution in [0.5, 0.6) is 0 Å².